The summed E-state index contributed by atoms with van der Waals surface area (Å²) in [6.07, 6.45) is 0.279. The highest BCUT2D eigenvalue weighted by atomic mass is 32.2. The van der Waals surface area contributed by atoms with Crippen LogP contribution in [0, 0.1) is 6.92 Å². The van der Waals surface area contributed by atoms with E-state index in [0.717, 1.165) is 4.90 Å². The molecule has 0 unspecified atom stereocenters. The number of carbonyl (C=O) groups is 2. The smallest absolute Gasteiger partial charge is 0.318 e. The van der Waals surface area contributed by atoms with Crippen molar-refractivity contribution in [3.8, 4) is 0 Å². The maximum Gasteiger partial charge on any atom is 0.318 e. The van der Waals surface area contributed by atoms with Crippen LogP contribution in [-0.4, -0.2) is 17.7 Å². The molecule has 86 valence electrons. The van der Waals surface area contributed by atoms with Gasteiger partial charge in [0.15, 0.2) is 0 Å². The molecule has 1 rings (SSSR count). The number of thioether (sulfide) groups is 1. The first-order chi connectivity index (χ1) is 7.58. The van der Waals surface area contributed by atoms with Crippen LogP contribution < -0.4 is 11.1 Å². The molecule has 0 atom stereocenters. The molecule has 0 heterocycles. The van der Waals surface area contributed by atoms with Crippen molar-refractivity contribution in [3.05, 3.63) is 29.8 Å². The van der Waals surface area contributed by atoms with Crippen molar-refractivity contribution in [2.24, 2.45) is 5.73 Å². The van der Waals surface area contributed by atoms with Crippen molar-refractivity contribution in [3.63, 3.8) is 0 Å². The van der Waals surface area contributed by atoms with Crippen molar-refractivity contribution in [2.75, 3.05) is 5.75 Å². The number of primary amides is 1. The van der Waals surface area contributed by atoms with Crippen molar-refractivity contribution in [2.45, 2.75) is 18.2 Å². The van der Waals surface area contributed by atoms with Gasteiger partial charge in [0, 0.05) is 17.1 Å². The molecule has 4 nitrogen and oxygen atoms in total. The number of imide groups is 1. The summed E-state index contributed by atoms with van der Waals surface area (Å²) >= 11 is 1.58. The summed E-state index contributed by atoms with van der Waals surface area (Å²) in [5.41, 5.74) is 6.01. The lowest BCUT2D eigenvalue weighted by Gasteiger charge is -2.02. The molecule has 5 heteroatoms. The first kappa shape index (κ1) is 12.6. The lowest BCUT2D eigenvalue weighted by Crippen LogP contribution is -2.35. The molecule has 1 aromatic carbocycles. The number of benzene rings is 1. The monoisotopic (exact) mass is 238 g/mol. The minimum atomic E-state index is -0.800. The van der Waals surface area contributed by atoms with Gasteiger partial charge in [-0.3, -0.25) is 10.1 Å². The highest BCUT2D eigenvalue weighted by Gasteiger charge is 2.03. The third-order valence-electron chi connectivity index (χ3n) is 1.85. The normalized spacial score (nSPS) is 9.81. The first-order valence-electron chi connectivity index (χ1n) is 4.86. The third-order valence-corrected chi connectivity index (χ3v) is 2.85. The van der Waals surface area contributed by atoms with Crippen LogP contribution in [0.15, 0.2) is 29.2 Å². The summed E-state index contributed by atoms with van der Waals surface area (Å²) in [7, 11) is 0. The minimum absolute atomic E-state index is 0.279. The van der Waals surface area contributed by atoms with E-state index in [1.807, 2.05) is 30.4 Å². The van der Waals surface area contributed by atoms with Gasteiger partial charge in [-0.15, -0.1) is 11.8 Å². The summed E-state index contributed by atoms with van der Waals surface area (Å²) in [4.78, 5) is 22.6. The van der Waals surface area contributed by atoms with E-state index >= 15 is 0 Å². The van der Waals surface area contributed by atoms with Gasteiger partial charge in [0.2, 0.25) is 5.91 Å². The van der Waals surface area contributed by atoms with Gasteiger partial charge in [-0.2, -0.15) is 0 Å². The lowest BCUT2D eigenvalue weighted by atomic mass is 10.2. The second-order valence-corrected chi connectivity index (χ2v) is 4.50. The average Bonchev–Trinajstić information content (AvgIpc) is 2.16. The fraction of sp³-hybridized carbons (Fsp3) is 0.273. The Kier molecular flexibility index (Phi) is 4.85. The Balaban J connectivity index is 2.30. The number of nitrogens with one attached hydrogen (secondary N) is 1. The Bertz CT molecular complexity index is 393. The molecule has 0 aromatic heterocycles. The SMILES string of the molecule is Cc1cccc(SCCC(=O)NC(N)=O)c1. The zero-order chi connectivity index (χ0) is 12.0. The zero-order valence-corrected chi connectivity index (χ0v) is 9.84. The highest BCUT2D eigenvalue weighted by Crippen LogP contribution is 2.19. The van der Waals surface area contributed by atoms with Crippen molar-refractivity contribution < 1.29 is 9.59 Å². The Morgan fingerprint density at radius 3 is 2.81 bits per heavy atom. The number of nitrogens with two attached hydrogens (primary N) is 1. The van der Waals surface area contributed by atoms with Gasteiger partial charge in [-0.1, -0.05) is 17.7 Å². The molecule has 0 spiro atoms. The second kappa shape index (κ2) is 6.17. The molecule has 0 saturated heterocycles. The molecule has 3 amide bonds. The van der Waals surface area contributed by atoms with E-state index in [9.17, 15) is 9.59 Å². The van der Waals surface area contributed by atoms with Crippen LogP contribution in [0.4, 0.5) is 4.79 Å². The molecular weight excluding hydrogens is 224 g/mol. The Morgan fingerprint density at radius 1 is 1.44 bits per heavy atom. The molecule has 3 N–H and O–H groups in total. The Hall–Kier alpha value is -1.49. The van der Waals surface area contributed by atoms with Crippen LogP contribution in [0.25, 0.3) is 0 Å². The van der Waals surface area contributed by atoms with Crippen LogP contribution in [0.1, 0.15) is 12.0 Å². The number of hydrogen-bond acceptors (Lipinski definition) is 3. The summed E-state index contributed by atoms with van der Waals surface area (Å²) in [6.45, 7) is 2.02. The van der Waals surface area contributed by atoms with E-state index in [1.54, 1.807) is 11.8 Å². The number of carbonyl (C=O) groups excluding carboxylic acids is 2. The number of amides is 3. The van der Waals surface area contributed by atoms with Crippen LogP contribution >= 0.6 is 11.8 Å². The van der Waals surface area contributed by atoms with Gasteiger partial charge in [-0.05, 0) is 19.1 Å². The predicted molar refractivity (Wildman–Crippen MR) is 64.2 cm³/mol. The van der Waals surface area contributed by atoms with Crippen LogP contribution in [0.5, 0.6) is 0 Å². The molecular formula is C11H14N2O2S. The molecule has 0 fully saturated rings. The van der Waals surface area contributed by atoms with Crippen LogP contribution in [0.3, 0.4) is 0 Å². The quantitative estimate of drug-likeness (QED) is 0.784. The molecule has 0 aliphatic carbocycles. The standard InChI is InChI=1S/C11H14N2O2S/c1-8-3-2-4-9(7-8)16-6-5-10(14)13-11(12)15/h2-4,7H,5-6H2,1H3,(H3,12,13,14,15). The second-order valence-electron chi connectivity index (χ2n) is 3.33. The van der Waals surface area contributed by atoms with Gasteiger partial charge in [0.1, 0.15) is 0 Å². The lowest BCUT2D eigenvalue weighted by molar-refractivity contribution is -0.119. The topological polar surface area (TPSA) is 72.2 Å². The van der Waals surface area contributed by atoms with Gasteiger partial charge in [0.05, 0.1) is 0 Å². The molecule has 0 aliphatic heterocycles. The van der Waals surface area contributed by atoms with Crippen LogP contribution in [-0.2, 0) is 4.79 Å². The van der Waals surface area contributed by atoms with E-state index in [-0.39, 0.29) is 12.3 Å². The van der Waals surface area contributed by atoms with E-state index in [2.05, 4.69) is 6.07 Å². The summed E-state index contributed by atoms with van der Waals surface area (Å²) in [6, 6.07) is 7.23. The van der Waals surface area contributed by atoms with Gasteiger partial charge >= 0.3 is 6.03 Å². The summed E-state index contributed by atoms with van der Waals surface area (Å²) in [5.74, 6) is 0.287. The van der Waals surface area contributed by atoms with E-state index in [1.165, 1.54) is 5.56 Å². The third kappa shape index (κ3) is 4.84. The number of hydrogen-bond donors (Lipinski definition) is 2. The fourth-order valence-corrected chi connectivity index (χ4v) is 2.13. The van der Waals surface area contributed by atoms with E-state index < -0.39 is 6.03 Å². The molecule has 0 bridgehead atoms. The van der Waals surface area contributed by atoms with E-state index in [0.29, 0.717) is 5.75 Å². The Labute approximate surface area is 98.6 Å². The molecule has 16 heavy (non-hydrogen) atoms. The minimum Gasteiger partial charge on any atom is -0.351 e. The summed E-state index contributed by atoms with van der Waals surface area (Å²) in [5, 5.41) is 2.03. The van der Waals surface area contributed by atoms with Crippen LogP contribution in [0.2, 0.25) is 0 Å². The number of aryl methyl sites for hydroxylation is 1. The summed E-state index contributed by atoms with van der Waals surface area (Å²) < 4.78 is 0. The first-order valence-corrected chi connectivity index (χ1v) is 5.85. The van der Waals surface area contributed by atoms with Crippen molar-refractivity contribution in [1.29, 1.82) is 0 Å². The largest absolute Gasteiger partial charge is 0.351 e. The predicted octanol–water partition coefficient (Wildman–Crippen LogP) is 1.67. The molecule has 1 aromatic rings. The average molecular weight is 238 g/mol. The number of urea groups is 1. The maximum absolute atomic E-state index is 11.1. The Morgan fingerprint density at radius 2 is 2.19 bits per heavy atom. The van der Waals surface area contributed by atoms with E-state index in [4.69, 9.17) is 5.73 Å². The van der Waals surface area contributed by atoms with Gasteiger partial charge in [-0.25, -0.2) is 4.79 Å². The molecule has 0 aliphatic rings. The van der Waals surface area contributed by atoms with Gasteiger partial charge in [0.25, 0.3) is 0 Å². The molecule has 0 radical (unpaired) electrons. The van der Waals surface area contributed by atoms with Gasteiger partial charge < -0.3 is 5.73 Å². The van der Waals surface area contributed by atoms with Crippen molar-refractivity contribution in [1.82, 2.24) is 5.32 Å². The molecule has 0 saturated carbocycles. The highest BCUT2D eigenvalue weighted by molar-refractivity contribution is 7.99. The van der Waals surface area contributed by atoms with Crippen molar-refractivity contribution >= 4 is 23.7 Å². The number of rotatable bonds is 4. The fourth-order valence-electron chi connectivity index (χ4n) is 1.17. The zero-order valence-electron chi connectivity index (χ0n) is 9.03. The maximum atomic E-state index is 11.1.